The van der Waals surface area contributed by atoms with Crippen molar-refractivity contribution in [2.75, 3.05) is 19.7 Å². The summed E-state index contributed by atoms with van der Waals surface area (Å²) in [5, 5.41) is -4.56. The van der Waals surface area contributed by atoms with Crippen molar-refractivity contribution in [1.82, 2.24) is 4.90 Å². The fourth-order valence-corrected chi connectivity index (χ4v) is 4.61. The third kappa shape index (κ3) is 7.42. The fraction of sp³-hybridized carbons (Fsp3) is 0.467. The molecule has 0 unspecified atom stereocenters. The van der Waals surface area contributed by atoms with E-state index in [9.17, 15) is 26.8 Å². The maximum absolute atomic E-state index is 13.0. The summed E-state index contributed by atoms with van der Waals surface area (Å²) in [6.45, 7) is 0.582. The Morgan fingerprint density at radius 2 is 1.86 bits per heavy atom. The van der Waals surface area contributed by atoms with E-state index >= 15 is 0 Å². The van der Waals surface area contributed by atoms with Gasteiger partial charge in [0.15, 0.2) is 6.61 Å². The normalized spacial score (nSPS) is 12.0. The minimum Gasteiger partial charge on any atom is -0.458 e. The topological polar surface area (TPSA) is 101 Å². The second-order valence-corrected chi connectivity index (χ2v) is 10.5. The summed E-state index contributed by atoms with van der Waals surface area (Å²) >= 11 is 6.34. The smallest absolute Gasteiger partial charge is 0.402 e. The quantitative estimate of drug-likeness (QED) is 0.179. The van der Waals surface area contributed by atoms with Crippen molar-refractivity contribution in [2.24, 2.45) is 0 Å². The number of alkyl halides is 2. The number of benzene rings is 1. The van der Waals surface area contributed by atoms with Crippen LogP contribution in [0.5, 0.6) is 0 Å². The summed E-state index contributed by atoms with van der Waals surface area (Å²) in [6, 6.07) is 3.70. The van der Waals surface area contributed by atoms with Gasteiger partial charge in [0.25, 0.3) is 5.91 Å². The minimum absolute atomic E-state index is 0.146. The monoisotopic (exact) mass is 757 g/mol. The van der Waals surface area contributed by atoms with Crippen LogP contribution in [0.4, 0.5) is 8.78 Å². The van der Waals surface area contributed by atoms with Crippen molar-refractivity contribution in [1.29, 1.82) is 0 Å². The molecule has 1 aromatic rings. The number of carbonyl (C=O) groups excluding carboxylic acids is 2. The number of rotatable bonds is 9. The van der Waals surface area contributed by atoms with Crippen LogP contribution in [0.3, 0.4) is 0 Å². The van der Waals surface area contributed by atoms with Gasteiger partial charge in [0.05, 0.1) is 5.56 Å². The molecule has 0 radical (unpaired) electrons. The van der Waals surface area contributed by atoms with Crippen LogP contribution in [0.15, 0.2) is 12.1 Å². The molecule has 0 fully saturated rings. The highest BCUT2D eigenvalue weighted by atomic mass is 127. The number of nitrogens with zero attached hydrogens (tertiary/aromatic N) is 1. The Kier molecular flexibility index (Phi) is 10.2. The first-order valence-electron chi connectivity index (χ1n) is 7.74. The number of hydrogen-bond acceptors (Lipinski definition) is 5. The van der Waals surface area contributed by atoms with Crippen molar-refractivity contribution < 1.29 is 36.1 Å². The molecule has 0 bridgehead atoms. The zero-order valence-corrected chi connectivity index (χ0v) is 21.7. The van der Waals surface area contributed by atoms with E-state index in [0.29, 0.717) is 12.1 Å². The van der Waals surface area contributed by atoms with Crippen LogP contribution in [0, 0.1) is 10.7 Å². The molecule has 0 aliphatic rings. The standard InChI is InChI=1S/C15H16F2I3NO6S/c1-2-21(14(23)10-6-9(18)7-11(19)13(10)20)5-3-4-12(22)27-8-15(16,17)28(24,25)26/h6-7H,2-5,8H2,1H3,(H,24,25,26). The van der Waals surface area contributed by atoms with Crippen molar-refractivity contribution in [3.63, 3.8) is 0 Å². The first-order valence-corrected chi connectivity index (χ1v) is 12.4. The SMILES string of the molecule is CCN(CCCC(=O)OCC(F)(F)S(=O)(=O)O)C(=O)c1cc(I)cc(I)c1I. The molecular weight excluding hydrogens is 741 g/mol. The van der Waals surface area contributed by atoms with Gasteiger partial charge in [-0.2, -0.15) is 17.2 Å². The lowest BCUT2D eigenvalue weighted by molar-refractivity contribution is -0.149. The van der Waals surface area contributed by atoms with Crippen LogP contribution in [0.2, 0.25) is 0 Å². The number of amides is 1. The Hall–Kier alpha value is 0.120. The van der Waals surface area contributed by atoms with Crippen LogP contribution in [0.25, 0.3) is 0 Å². The van der Waals surface area contributed by atoms with Gasteiger partial charge in [-0.05, 0) is 93.2 Å². The van der Waals surface area contributed by atoms with E-state index in [4.69, 9.17) is 4.55 Å². The molecule has 0 aromatic heterocycles. The van der Waals surface area contributed by atoms with Crippen molar-refractivity contribution >= 4 is 89.8 Å². The van der Waals surface area contributed by atoms with Gasteiger partial charge in [-0.25, -0.2) is 0 Å². The van der Waals surface area contributed by atoms with Gasteiger partial charge < -0.3 is 9.64 Å². The molecule has 7 nitrogen and oxygen atoms in total. The maximum Gasteiger partial charge on any atom is 0.402 e. The molecule has 0 saturated carbocycles. The molecule has 1 aromatic carbocycles. The molecule has 1 rings (SSSR count). The van der Waals surface area contributed by atoms with E-state index in [1.807, 2.05) is 6.07 Å². The second-order valence-electron chi connectivity index (χ2n) is 5.51. The lowest BCUT2D eigenvalue weighted by Gasteiger charge is -2.22. The molecule has 1 amide bonds. The van der Waals surface area contributed by atoms with Crippen LogP contribution < -0.4 is 0 Å². The lowest BCUT2D eigenvalue weighted by atomic mass is 10.2. The highest BCUT2D eigenvalue weighted by Gasteiger charge is 2.45. The molecule has 0 aliphatic carbocycles. The summed E-state index contributed by atoms with van der Waals surface area (Å²) in [5.74, 6) is -1.26. The summed E-state index contributed by atoms with van der Waals surface area (Å²) in [4.78, 5) is 25.8. The third-order valence-electron chi connectivity index (χ3n) is 3.48. The van der Waals surface area contributed by atoms with Gasteiger partial charge in [-0.3, -0.25) is 14.1 Å². The van der Waals surface area contributed by atoms with Gasteiger partial charge in [0, 0.05) is 30.2 Å². The largest absolute Gasteiger partial charge is 0.458 e. The van der Waals surface area contributed by atoms with E-state index in [1.165, 1.54) is 4.90 Å². The summed E-state index contributed by atoms with van der Waals surface area (Å²) in [5.41, 5.74) is 0.536. The number of hydrogen-bond donors (Lipinski definition) is 1. The molecule has 28 heavy (non-hydrogen) atoms. The summed E-state index contributed by atoms with van der Waals surface area (Å²) in [6.07, 6.45) is -0.139. The molecule has 0 heterocycles. The van der Waals surface area contributed by atoms with Crippen LogP contribution in [-0.2, 0) is 19.6 Å². The predicted molar refractivity (Wildman–Crippen MR) is 123 cm³/mol. The summed E-state index contributed by atoms with van der Waals surface area (Å²) in [7, 11) is -5.65. The van der Waals surface area contributed by atoms with E-state index in [2.05, 4.69) is 72.5 Å². The molecule has 1 N–H and O–H groups in total. The van der Waals surface area contributed by atoms with Crippen molar-refractivity contribution in [3.05, 3.63) is 28.4 Å². The van der Waals surface area contributed by atoms with E-state index in [1.54, 1.807) is 13.0 Å². The third-order valence-corrected chi connectivity index (χ3v) is 8.02. The van der Waals surface area contributed by atoms with Gasteiger partial charge in [-0.15, -0.1) is 0 Å². The number of esters is 1. The van der Waals surface area contributed by atoms with E-state index in [0.717, 1.165) is 10.7 Å². The Labute approximate surface area is 202 Å². The van der Waals surface area contributed by atoms with Gasteiger partial charge >= 0.3 is 21.3 Å². The van der Waals surface area contributed by atoms with E-state index in [-0.39, 0.29) is 25.3 Å². The first kappa shape index (κ1) is 26.2. The minimum atomic E-state index is -5.65. The molecule has 158 valence electrons. The second kappa shape index (κ2) is 10.9. The average Bonchev–Trinajstić information content (AvgIpc) is 2.58. The molecule has 0 atom stereocenters. The Bertz CT molecular complexity index is 850. The summed E-state index contributed by atoms with van der Waals surface area (Å²) < 4.78 is 62.2. The molecule has 0 saturated heterocycles. The molecule has 0 aliphatic heterocycles. The number of carbonyl (C=O) groups is 2. The Morgan fingerprint density at radius 3 is 2.39 bits per heavy atom. The molecule has 13 heteroatoms. The van der Waals surface area contributed by atoms with E-state index < -0.39 is 27.9 Å². The van der Waals surface area contributed by atoms with Crippen molar-refractivity contribution in [3.8, 4) is 0 Å². The molecular formula is C15H16F2I3NO6S. The van der Waals surface area contributed by atoms with Crippen LogP contribution in [0.1, 0.15) is 30.1 Å². The number of halogens is 5. The zero-order chi connectivity index (χ0) is 21.7. The maximum atomic E-state index is 13.0. The fourth-order valence-electron chi connectivity index (χ4n) is 2.01. The first-order chi connectivity index (χ1) is 12.8. The lowest BCUT2D eigenvalue weighted by Crippen LogP contribution is -2.35. The Morgan fingerprint density at radius 1 is 1.25 bits per heavy atom. The Balaban J connectivity index is 2.63. The zero-order valence-electron chi connectivity index (χ0n) is 14.4. The highest BCUT2D eigenvalue weighted by molar-refractivity contribution is 14.1. The van der Waals surface area contributed by atoms with Crippen LogP contribution in [-0.4, -0.2) is 54.7 Å². The predicted octanol–water partition coefficient (Wildman–Crippen LogP) is 3.77. The van der Waals surface area contributed by atoms with Gasteiger partial charge in [-0.1, -0.05) is 0 Å². The van der Waals surface area contributed by atoms with Crippen LogP contribution >= 0.6 is 67.8 Å². The van der Waals surface area contributed by atoms with Gasteiger partial charge in [0.2, 0.25) is 0 Å². The highest BCUT2D eigenvalue weighted by Crippen LogP contribution is 2.24. The molecule has 0 spiro atoms. The number of ether oxygens (including phenoxy) is 1. The van der Waals surface area contributed by atoms with Crippen molar-refractivity contribution in [2.45, 2.75) is 25.0 Å². The average molecular weight is 757 g/mol. The van der Waals surface area contributed by atoms with Gasteiger partial charge in [0.1, 0.15) is 0 Å².